The number of hydrogen-bond donors (Lipinski definition) is 0. The first kappa shape index (κ1) is 20.3. The van der Waals surface area contributed by atoms with E-state index < -0.39 is 0 Å². The van der Waals surface area contributed by atoms with Gasteiger partial charge in [-0.05, 0) is 43.2 Å². The van der Waals surface area contributed by atoms with Crippen molar-refractivity contribution in [2.24, 2.45) is 13.0 Å². The second kappa shape index (κ2) is 8.85. The van der Waals surface area contributed by atoms with E-state index in [1.54, 1.807) is 4.68 Å². The zero-order valence-corrected chi connectivity index (χ0v) is 18.0. The minimum absolute atomic E-state index is 0.165. The number of Topliss-reactive ketones (excluding diaryl/α,β-unsaturated/α-hetero) is 1. The maximum atomic E-state index is 13.0. The number of rotatable bonds is 5. The van der Waals surface area contributed by atoms with Gasteiger partial charge in [-0.1, -0.05) is 0 Å². The third-order valence-electron chi connectivity index (χ3n) is 6.73. The molecule has 1 saturated carbocycles. The first-order valence-electron chi connectivity index (χ1n) is 11.2. The van der Waals surface area contributed by atoms with Crippen molar-refractivity contribution in [2.75, 3.05) is 26.3 Å². The van der Waals surface area contributed by atoms with Gasteiger partial charge in [-0.2, -0.15) is 5.10 Å². The molecule has 0 bridgehead atoms. The van der Waals surface area contributed by atoms with E-state index in [1.165, 1.54) is 0 Å². The van der Waals surface area contributed by atoms with Crippen molar-refractivity contribution in [3.63, 3.8) is 0 Å². The summed E-state index contributed by atoms with van der Waals surface area (Å²) in [6.07, 6.45) is 12.0. The monoisotopic (exact) mass is 419 g/mol. The number of aromatic nitrogens is 4. The van der Waals surface area contributed by atoms with Crippen LogP contribution < -0.4 is 0 Å². The molecule has 0 spiro atoms. The average molecular weight is 420 g/mol. The Morgan fingerprint density at radius 1 is 1.03 bits per heavy atom. The normalized spacial score (nSPS) is 22.6. The van der Waals surface area contributed by atoms with Crippen LogP contribution in [0.25, 0.3) is 22.0 Å². The number of pyridine rings is 2. The van der Waals surface area contributed by atoms with Crippen LogP contribution >= 0.6 is 0 Å². The van der Waals surface area contributed by atoms with Gasteiger partial charge in [0.1, 0.15) is 5.78 Å². The second-order valence-corrected chi connectivity index (χ2v) is 8.79. The fourth-order valence-corrected chi connectivity index (χ4v) is 4.92. The molecule has 0 radical (unpaired) electrons. The van der Waals surface area contributed by atoms with Crippen molar-refractivity contribution in [2.45, 2.75) is 38.1 Å². The first-order valence-corrected chi connectivity index (χ1v) is 11.2. The summed E-state index contributed by atoms with van der Waals surface area (Å²) in [7, 11) is 1.90. The number of ketones is 1. The Bertz CT molecular complexity index is 1060. The van der Waals surface area contributed by atoms with Gasteiger partial charge in [-0.15, -0.1) is 0 Å². The Labute approximate surface area is 182 Å². The lowest BCUT2D eigenvalue weighted by atomic mass is 9.81. The minimum atomic E-state index is 0.165. The van der Waals surface area contributed by atoms with E-state index >= 15 is 0 Å². The Balaban J connectivity index is 1.24. The summed E-state index contributed by atoms with van der Waals surface area (Å²) in [6.45, 7) is 3.73. The van der Waals surface area contributed by atoms with Gasteiger partial charge in [-0.3, -0.25) is 24.3 Å². The van der Waals surface area contributed by atoms with Gasteiger partial charge in [0, 0.05) is 73.8 Å². The molecule has 1 aliphatic heterocycles. The topological polar surface area (TPSA) is 73.1 Å². The molecule has 162 valence electrons. The number of ether oxygens (including phenoxy) is 1. The summed E-state index contributed by atoms with van der Waals surface area (Å²) in [5, 5.41) is 6.27. The molecule has 4 heterocycles. The Hall–Kier alpha value is -2.64. The number of morpholine rings is 1. The zero-order valence-electron chi connectivity index (χ0n) is 18.0. The number of fused-ring (bicyclic) bond motifs is 1. The quantitative estimate of drug-likeness (QED) is 0.633. The van der Waals surface area contributed by atoms with Crippen molar-refractivity contribution in [3.05, 3.63) is 42.6 Å². The molecule has 1 aliphatic carbocycles. The average Bonchev–Trinajstić information content (AvgIpc) is 3.25. The van der Waals surface area contributed by atoms with E-state index in [2.05, 4.69) is 26.0 Å². The SMILES string of the molecule is Cn1cc(-c2cc3cc(CC(=O)C4CCC(N5CCOCC5)CC4)ncc3cn2)cn1. The Morgan fingerprint density at radius 3 is 2.55 bits per heavy atom. The van der Waals surface area contributed by atoms with Crippen LogP contribution in [0.1, 0.15) is 31.4 Å². The predicted octanol–water partition coefficient (Wildman–Crippen LogP) is 3.03. The summed E-state index contributed by atoms with van der Waals surface area (Å²) >= 11 is 0. The van der Waals surface area contributed by atoms with E-state index in [-0.39, 0.29) is 5.92 Å². The van der Waals surface area contributed by atoms with Gasteiger partial charge >= 0.3 is 0 Å². The number of aryl methyl sites for hydroxylation is 1. The first-order chi connectivity index (χ1) is 15.2. The molecular formula is C24H29N5O2. The largest absolute Gasteiger partial charge is 0.379 e. The lowest BCUT2D eigenvalue weighted by molar-refractivity contribution is -0.123. The van der Waals surface area contributed by atoms with E-state index in [0.29, 0.717) is 18.2 Å². The van der Waals surface area contributed by atoms with E-state index in [4.69, 9.17) is 4.74 Å². The van der Waals surface area contributed by atoms with Crippen molar-refractivity contribution < 1.29 is 9.53 Å². The zero-order chi connectivity index (χ0) is 21.2. The maximum Gasteiger partial charge on any atom is 0.141 e. The maximum absolute atomic E-state index is 13.0. The van der Waals surface area contributed by atoms with E-state index in [1.807, 2.05) is 37.9 Å². The van der Waals surface area contributed by atoms with Gasteiger partial charge in [0.2, 0.25) is 0 Å². The highest BCUT2D eigenvalue weighted by atomic mass is 16.5. The van der Waals surface area contributed by atoms with E-state index in [0.717, 1.165) is 79.7 Å². The standard InChI is InChI=1S/C24H29N5O2/c1-28-16-20(15-27-28)23-11-18-10-21(25-13-19(18)14-26-23)12-24(30)17-2-4-22(5-3-17)29-6-8-31-9-7-29/h10-11,13-17,22H,2-9,12H2,1H3. The van der Waals surface area contributed by atoms with Crippen LogP contribution in [0.4, 0.5) is 0 Å². The van der Waals surface area contributed by atoms with Crippen LogP contribution in [0.15, 0.2) is 36.9 Å². The molecule has 3 aromatic rings. The van der Waals surface area contributed by atoms with Crippen LogP contribution in [-0.4, -0.2) is 62.8 Å². The molecule has 0 amide bonds. The third kappa shape index (κ3) is 4.52. The molecule has 0 aromatic carbocycles. The smallest absolute Gasteiger partial charge is 0.141 e. The second-order valence-electron chi connectivity index (χ2n) is 8.79. The highest BCUT2D eigenvalue weighted by Gasteiger charge is 2.30. The molecular weight excluding hydrogens is 390 g/mol. The third-order valence-corrected chi connectivity index (χ3v) is 6.73. The number of hydrogen-bond acceptors (Lipinski definition) is 6. The van der Waals surface area contributed by atoms with Crippen LogP contribution in [-0.2, 0) is 23.0 Å². The van der Waals surface area contributed by atoms with Crippen molar-refractivity contribution in [1.29, 1.82) is 0 Å². The summed E-state index contributed by atoms with van der Waals surface area (Å²) in [5.74, 6) is 0.493. The van der Waals surface area contributed by atoms with Crippen molar-refractivity contribution >= 4 is 16.6 Å². The van der Waals surface area contributed by atoms with Gasteiger partial charge < -0.3 is 4.74 Å². The van der Waals surface area contributed by atoms with Crippen molar-refractivity contribution in [1.82, 2.24) is 24.6 Å². The lowest BCUT2D eigenvalue weighted by Gasteiger charge is -2.38. The van der Waals surface area contributed by atoms with Gasteiger partial charge in [0.25, 0.3) is 0 Å². The Morgan fingerprint density at radius 2 is 1.81 bits per heavy atom. The van der Waals surface area contributed by atoms with E-state index in [9.17, 15) is 4.79 Å². The minimum Gasteiger partial charge on any atom is -0.379 e. The molecule has 2 aliphatic rings. The molecule has 7 nitrogen and oxygen atoms in total. The highest BCUT2D eigenvalue weighted by molar-refractivity contribution is 5.87. The lowest BCUT2D eigenvalue weighted by Crippen LogP contribution is -2.45. The van der Waals surface area contributed by atoms with Crippen LogP contribution in [0.2, 0.25) is 0 Å². The highest BCUT2D eigenvalue weighted by Crippen LogP contribution is 2.30. The molecule has 0 atom stereocenters. The molecule has 7 heteroatoms. The number of carbonyl (C=O) groups excluding carboxylic acids is 1. The molecule has 1 saturated heterocycles. The molecule has 5 rings (SSSR count). The summed E-state index contributed by atoms with van der Waals surface area (Å²) < 4.78 is 7.24. The molecule has 0 N–H and O–H groups in total. The number of nitrogens with zero attached hydrogens (tertiary/aromatic N) is 5. The van der Waals surface area contributed by atoms with Crippen LogP contribution in [0.5, 0.6) is 0 Å². The van der Waals surface area contributed by atoms with Crippen molar-refractivity contribution in [3.8, 4) is 11.3 Å². The predicted molar refractivity (Wildman–Crippen MR) is 119 cm³/mol. The summed E-state index contributed by atoms with van der Waals surface area (Å²) in [4.78, 5) is 24.6. The van der Waals surface area contributed by atoms with Gasteiger partial charge in [0.05, 0.1) is 25.1 Å². The van der Waals surface area contributed by atoms with Crippen LogP contribution in [0.3, 0.4) is 0 Å². The molecule has 3 aromatic heterocycles. The number of carbonyl (C=O) groups is 1. The summed E-state index contributed by atoms with van der Waals surface area (Å²) in [6, 6.07) is 4.70. The van der Waals surface area contributed by atoms with Gasteiger partial charge in [0.15, 0.2) is 0 Å². The Kier molecular flexibility index (Phi) is 5.78. The van der Waals surface area contributed by atoms with Crippen LogP contribution in [0, 0.1) is 5.92 Å². The fraction of sp³-hybridized carbons (Fsp3) is 0.500. The molecule has 0 unspecified atom stereocenters. The van der Waals surface area contributed by atoms with Gasteiger partial charge in [-0.25, -0.2) is 0 Å². The molecule has 2 fully saturated rings. The molecule has 31 heavy (non-hydrogen) atoms. The summed E-state index contributed by atoms with van der Waals surface area (Å²) in [5.41, 5.74) is 2.71. The fourth-order valence-electron chi connectivity index (χ4n) is 4.92.